The maximum atomic E-state index is 12.8. The lowest BCUT2D eigenvalue weighted by atomic mass is 9.87. The van der Waals surface area contributed by atoms with Crippen LogP contribution in [0.1, 0.15) is 60.5 Å². The first-order chi connectivity index (χ1) is 13.4. The van der Waals surface area contributed by atoms with E-state index in [2.05, 4.69) is 26.1 Å². The van der Waals surface area contributed by atoms with E-state index in [1.54, 1.807) is 0 Å². The van der Waals surface area contributed by atoms with Crippen LogP contribution in [0.15, 0.2) is 10.6 Å². The molecule has 0 aliphatic carbocycles. The molecule has 28 heavy (non-hydrogen) atoms. The summed E-state index contributed by atoms with van der Waals surface area (Å²) in [7, 11) is 2.02. The molecule has 0 bridgehead atoms. The zero-order valence-corrected chi connectivity index (χ0v) is 17.5. The molecule has 0 saturated carbocycles. The molecule has 1 spiro atoms. The Hall–Kier alpha value is -2.15. The van der Waals surface area contributed by atoms with Gasteiger partial charge in [0.15, 0.2) is 0 Å². The number of rotatable bonds is 4. The van der Waals surface area contributed by atoms with E-state index in [1.165, 1.54) is 5.69 Å². The largest absolute Gasteiger partial charge is 0.361 e. The summed E-state index contributed by atoms with van der Waals surface area (Å²) in [5.41, 5.74) is 4.26. The maximum absolute atomic E-state index is 12.8. The summed E-state index contributed by atoms with van der Waals surface area (Å²) < 4.78 is 7.32. The first-order valence-electron chi connectivity index (χ1n) is 10.3. The van der Waals surface area contributed by atoms with Crippen molar-refractivity contribution in [1.29, 1.82) is 0 Å². The summed E-state index contributed by atoms with van der Waals surface area (Å²) in [6.45, 7) is 9.57. The summed E-state index contributed by atoms with van der Waals surface area (Å²) in [6.07, 6.45) is 4.84. The molecule has 2 fully saturated rings. The molecule has 0 aromatic carbocycles. The zero-order valence-electron chi connectivity index (χ0n) is 17.5. The Morgan fingerprint density at radius 1 is 1.14 bits per heavy atom. The molecular formula is C21H31N5O2. The number of hydrogen-bond acceptors (Lipinski definition) is 5. The fourth-order valence-electron chi connectivity index (χ4n) is 4.97. The highest BCUT2D eigenvalue weighted by molar-refractivity contribution is 5.79. The van der Waals surface area contributed by atoms with Crippen LogP contribution >= 0.6 is 0 Å². The van der Waals surface area contributed by atoms with Gasteiger partial charge in [-0.3, -0.25) is 14.4 Å². The average Bonchev–Trinajstić information content (AvgIpc) is 3.18. The lowest BCUT2D eigenvalue weighted by Crippen LogP contribution is -2.46. The number of likely N-dealkylation sites (tertiary alicyclic amines) is 2. The second-order valence-corrected chi connectivity index (χ2v) is 8.54. The molecule has 2 aromatic rings. The van der Waals surface area contributed by atoms with Gasteiger partial charge in [-0.1, -0.05) is 5.16 Å². The van der Waals surface area contributed by atoms with Crippen LogP contribution in [-0.4, -0.2) is 49.3 Å². The second-order valence-electron chi connectivity index (χ2n) is 8.54. The van der Waals surface area contributed by atoms with Crippen LogP contribution < -0.4 is 0 Å². The SMILES string of the molecule is Cc1cc(CN2CCCC3(CCC(=O)N3Cc3c(C)noc3C)CC2)n(C)n1. The number of carbonyl (C=O) groups excluding carboxylic acids is 1. The smallest absolute Gasteiger partial charge is 0.223 e. The van der Waals surface area contributed by atoms with E-state index in [9.17, 15) is 4.79 Å². The van der Waals surface area contributed by atoms with E-state index < -0.39 is 0 Å². The summed E-state index contributed by atoms with van der Waals surface area (Å²) in [4.78, 5) is 17.4. The highest BCUT2D eigenvalue weighted by atomic mass is 16.5. The van der Waals surface area contributed by atoms with Crippen molar-refractivity contribution in [3.8, 4) is 0 Å². The highest BCUT2D eigenvalue weighted by Gasteiger charge is 2.46. The molecular weight excluding hydrogens is 354 g/mol. The fourth-order valence-corrected chi connectivity index (χ4v) is 4.97. The molecule has 1 amide bonds. The predicted molar refractivity (Wildman–Crippen MR) is 106 cm³/mol. The lowest BCUT2D eigenvalue weighted by Gasteiger charge is -2.38. The Bertz CT molecular complexity index is 851. The summed E-state index contributed by atoms with van der Waals surface area (Å²) in [6, 6.07) is 2.17. The van der Waals surface area contributed by atoms with Gasteiger partial charge in [-0.2, -0.15) is 5.10 Å². The van der Waals surface area contributed by atoms with Gasteiger partial charge < -0.3 is 9.42 Å². The van der Waals surface area contributed by atoms with Crippen molar-refractivity contribution in [1.82, 2.24) is 24.7 Å². The Kier molecular flexibility index (Phi) is 5.04. The molecule has 7 nitrogen and oxygen atoms in total. The molecule has 2 aliphatic rings. The maximum Gasteiger partial charge on any atom is 0.223 e. The van der Waals surface area contributed by atoms with E-state index in [0.29, 0.717) is 13.0 Å². The Morgan fingerprint density at radius 2 is 1.96 bits per heavy atom. The van der Waals surface area contributed by atoms with Crippen LogP contribution in [0.2, 0.25) is 0 Å². The van der Waals surface area contributed by atoms with E-state index >= 15 is 0 Å². The van der Waals surface area contributed by atoms with E-state index in [1.807, 2.05) is 32.5 Å². The summed E-state index contributed by atoms with van der Waals surface area (Å²) in [5.74, 6) is 1.10. The van der Waals surface area contributed by atoms with Gasteiger partial charge in [-0.25, -0.2) is 0 Å². The molecule has 1 unspecified atom stereocenters. The third-order valence-electron chi connectivity index (χ3n) is 6.67. The Morgan fingerprint density at radius 3 is 2.64 bits per heavy atom. The topological polar surface area (TPSA) is 67.4 Å². The highest BCUT2D eigenvalue weighted by Crippen LogP contribution is 2.40. The van der Waals surface area contributed by atoms with E-state index in [4.69, 9.17) is 4.52 Å². The van der Waals surface area contributed by atoms with Gasteiger partial charge in [-0.15, -0.1) is 0 Å². The van der Waals surface area contributed by atoms with E-state index in [-0.39, 0.29) is 11.4 Å². The van der Waals surface area contributed by atoms with Gasteiger partial charge in [0.2, 0.25) is 5.91 Å². The van der Waals surface area contributed by atoms with Gasteiger partial charge in [0, 0.05) is 37.7 Å². The lowest BCUT2D eigenvalue weighted by molar-refractivity contribution is -0.132. The Labute approximate surface area is 166 Å². The van der Waals surface area contributed by atoms with Crippen LogP contribution in [0.3, 0.4) is 0 Å². The molecule has 2 aromatic heterocycles. The number of nitrogens with zero attached hydrogens (tertiary/aromatic N) is 5. The molecule has 2 saturated heterocycles. The quantitative estimate of drug-likeness (QED) is 0.810. The van der Waals surface area contributed by atoms with Gasteiger partial charge in [-0.05, 0) is 59.1 Å². The number of amides is 1. The number of hydrogen-bond donors (Lipinski definition) is 0. The molecule has 1 atom stereocenters. The van der Waals surface area contributed by atoms with Crippen LogP contribution in [0.4, 0.5) is 0 Å². The molecule has 4 heterocycles. The number of carbonyl (C=O) groups is 1. The molecule has 4 rings (SSSR count). The number of aryl methyl sites for hydroxylation is 4. The van der Waals surface area contributed by atoms with Gasteiger partial charge in [0.05, 0.1) is 23.6 Å². The Balaban J connectivity index is 1.49. The minimum atomic E-state index is -0.0235. The molecule has 152 valence electrons. The van der Waals surface area contributed by atoms with Crippen LogP contribution in [0, 0.1) is 20.8 Å². The summed E-state index contributed by atoms with van der Waals surface area (Å²) in [5, 5.41) is 8.55. The van der Waals surface area contributed by atoms with Crippen molar-refractivity contribution in [2.75, 3.05) is 13.1 Å². The van der Waals surface area contributed by atoms with Gasteiger partial charge >= 0.3 is 0 Å². The minimum Gasteiger partial charge on any atom is -0.361 e. The van der Waals surface area contributed by atoms with Gasteiger partial charge in [0.1, 0.15) is 5.76 Å². The average molecular weight is 386 g/mol. The monoisotopic (exact) mass is 385 g/mol. The molecule has 7 heteroatoms. The molecule has 2 aliphatic heterocycles. The predicted octanol–water partition coefficient (Wildman–Crippen LogP) is 2.88. The van der Waals surface area contributed by atoms with Crippen molar-refractivity contribution in [2.24, 2.45) is 7.05 Å². The standard InChI is InChI=1S/C21H31N5O2/c1-15-12-18(24(4)22-15)13-25-10-5-7-21(9-11-25)8-6-20(27)26(21)14-19-16(2)23-28-17(19)3/h12H,5-11,13-14H2,1-4H3. The van der Waals surface area contributed by atoms with Crippen molar-refractivity contribution < 1.29 is 9.32 Å². The van der Waals surface area contributed by atoms with Crippen molar-refractivity contribution in [3.05, 3.63) is 34.5 Å². The zero-order chi connectivity index (χ0) is 19.9. The number of aromatic nitrogens is 3. The van der Waals surface area contributed by atoms with Crippen LogP contribution in [-0.2, 0) is 24.9 Å². The fraction of sp³-hybridized carbons (Fsp3) is 0.667. The van der Waals surface area contributed by atoms with Crippen molar-refractivity contribution in [3.63, 3.8) is 0 Å². The minimum absolute atomic E-state index is 0.0235. The second kappa shape index (κ2) is 7.35. The molecule has 0 N–H and O–H groups in total. The third kappa shape index (κ3) is 3.48. The van der Waals surface area contributed by atoms with Crippen molar-refractivity contribution >= 4 is 5.91 Å². The van der Waals surface area contributed by atoms with E-state index in [0.717, 1.165) is 68.0 Å². The first-order valence-corrected chi connectivity index (χ1v) is 10.3. The summed E-state index contributed by atoms with van der Waals surface area (Å²) >= 11 is 0. The normalized spacial score (nSPS) is 23.7. The van der Waals surface area contributed by atoms with Crippen molar-refractivity contribution in [2.45, 2.75) is 71.5 Å². The van der Waals surface area contributed by atoms with Crippen LogP contribution in [0.25, 0.3) is 0 Å². The first kappa shape index (κ1) is 19.2. The van der Waals surface area contributed by atoms with Crippen LogP contribution in [0.5, 0.6) is 0 Å². The molecule has 0 radical (unpaired) electrons. The third-order valence-corrected chi connectivity index (χ3v) is 6.67. The van der Waals surface area contributed by atoms with Gasteiger partial charge in [0.25, 0.3) is 0 Å².